The number of nitrogens with one attached hydrogen (secondary N) is 1. The number of rotatable bonds is 9. The molecule has 21 heavy (non-hydrogen) atoms. The molecule has 1 N–H and O–H groups in total. The molecular formula is C16H29N3OS. The van der Waals surface area contributed by atoms with Crippen LogP contribution in [0.4, 0.5) is 5.13 Å². The number of thiazole rings is 1. The fourth-order valence-electron chi connectivity index (χ4n) is 2.61. The number of aromatic nitrogens is 1. The van der Waals surface area contributed by atoms with Gasteiger partial charge in [-0.1, -0.05) is 20.3 Å². The van der Waals surface area contributed by atoms with Crippen molar-refractivity contribution in [2.24, 2.45) is 5.92 Å². The van der Waals surface area contributed by atoms with E-state index in [0.717, 1.165) is 32.2 Å². The maximum atomic E-state index is 5.08. The standard InChI is InChI=1S/C16H29N3OS/c1-12(2)15-14(10-17-8-9-20-4)21-16(18-15)19(3)11-13-6-5-7-13/h12-13,17H,5-11H2,1-4H3. The zero-order chi connectivity index (χ0) is 15.2. The van der Waals surface area contributed by atoms with E-state index in [9.17, 15) is 0 Å². The predicted octanol–water partition coefficient (Wildman–Crippen LogP) is 3.24. The summed E-state index contributed by atoms with van der Waals surface area (Å²) < 4.78 is 5.08. The topological polar surface area (TPSA) is 37.4 Å². The van der Waals surface area contributed by atoms with E-state index < -0.39 is 0 Å². The van der Waals surface area contributed by atoms with Crippen LogP contribution < -0.4 is 10.2 Å². The Balaban J connectivity index is 1.97. The first-order chi connectivity index (χ1) is 10.1. The molecule has 0 atom stereocenters. The van der Waals surface area contributed by atoms with Crippen molar-refractivity contribution < 1.29 is 4.74 Å². The minimum Gasteiger partial charge on any atom is -0.383 e. The first-order valence-corrected chi connectivity index (χ1v) is 8.83. The molecule has 1 fully saturated rings. The summed E-state index contributed by atoms with van der Waals surface area (Å²) in [5.41, 5.74) is 1.25. The Kier molecular flexibility index (Phi) is 6.45. The Morgan fingerprint density at radius 1 is 1.43 bits per heavy atom. The van der Waals surface area contributed by atoms with Crippen LogP contribution in [0.1, 0.15) is 49.6 Å². The molecule has 1 heterocycles. The van der Waals surface area contributed by atoms with E-state index in [2.05, 4.69) is 31.1 Å². The van der Waals surface area contributed by atoms with Gasteiger partial charge < -0.3 is 15.0 Å². The molecule has 120 valence electrons. The van der Waals surface area contributed by atoms with Gasteiger partial charge >= 0.3 is 0 Å². The van der Waals surface area contributed by atoms with Gasteiger partial charge in [0, 0.05) is 38.7 Å². The van der Waals surface area contributed by atoms with Crippen molar-refractivity contribution in [2.75, 3.05) is 38.8 Å². The molecule has 1 aliphatic carbocycles. The van der Waals surface area contributed by atoms with E-state index in [1.54, 1.807) is 7.11 Å². The molecule has 0 bridgehead atoms. The Morgan fingerprint density at radius 2 is 2.19 bits per heavy atom. The summed E-state index contributed by atoms with van der Waals surface area (Å²) in [6.07, 6.45) is 4.18. The molecule has 1 aromatic rings. The Morgan fingerprint density at radius 3 is 2.76 bits per heavy atom. The number of hydrogen-bond donors (Lipinski definition) is 1. The number of ether oxygens (including phenoxy) is 1. The number of anilines is 1. The molecular weight excluding hydrogens is 282 g/mol. The SMILES string of the molecule is COCCNCc1sc(N(C)CC2CCC2)nc1C(C)C. The van der Waals surface area contributed by atoms with Crippen molar-refractivity contribution in [2.45, 2.75) is 45.6 Å². The largest absolute Gasteiger partial charge is 0.383 e. The molecule has 0 saturated heterocycles. The lowest BCUT2D eigenvalue weighted by Gasteiger charge is -2.29. The lowest BCUT2D eigenvalue weighted by atomic mass is 9.85. The van der Waals surface area contributed by atoms with E-state index in [-0.39, 0.29) is 0 Å². The minimum absolute atomic E-state index is 0.478. The molecule has 0 spiro atoms. The summed E-state index contributed by atoms with van der Waals surface area (Å²) in [6.45, 7) is 8.14. The van der Waals surface area contributed by atoms with Gasteiger partial charge in [-0.25, -0.2) is 4.98 Å². The number of nitrogens with zero attached hydrogens (tertiary/aromatic N) is 2. The van der Waals surface area contributed by atoms with Gasteiger partial charge in [-0.2, -0.15) is 0 Å². The van der Waals surface area contributed by atoms with Gasteiger partial charge in [0.2, 0.25) is 0 Å². The second-order valence-corrected chi connectivity index (χ2v) is 7.37. The fraction of sp³-hybridized carbons (Fsp3) is 0.812. The third kappa shape index (κ3) is 4.66. The number of hydrogen-bond acceptors (Lipinski definition) is 5. The van der Waals surface area contributed by atoms with Crippen LogP contribution in [0.25, 0.3) is 0 Å². The van der Waals surface area contributed by atoms with Gasteiger partial charge in [-0.15, -0.1) is 11.3 Å². The van der Waals surface area contributed by atoms with Gasteiger partial charge in [-0.05, 0) is 24.7 Å². The van der Waals surface area contributed by atoms with Crippen molar-refractivity contribution in [1.29, 1.82) is 0 Å². The summed E-state index contributed by atoms with van der Waals surface area (Å²) >= 11 is 1.84. The summed E-state index contributed by atoms with van der Waals surface area (Å²) in [4.78, 5) is 8.61. The summed E-state index contributed by atoms with van der Waals surface area (Å²) in [6, 6.07) is 0. The first-order valence-electron chi connectivity index (χ1n) is 8.02. The zero-order valence-corrected chi connectivity index (χ0v) is 14.6. The highest BCUT2D eigenvalue weighted by Crippen LogP contribution is 2.33. The Hall–Kier alpha value is -0.650. The molecule has 0 radical (unpaired) electrons. The second-order valence-electron chi connectivity index (χ2n) is 6.31. The molecule has 2 rings (SSSR count). The predicted molar refractivity (Wildman–Crippen MR) is 90.4 cm³/mol. The van der Waals surface area contributed by atoms with Crippen LogP contribution in [0.2, 0.25) is 0 Å². The highest BCUT2D eigenvalue weighted by Gasteiger charge is 2.22. The van der Waals surface area contributed by atoms with Crippen molar-refractivity contribution >= 4 is 16.5 Å². The average Bonchev–Trinajstić information content (AvgIpc) is 2.83. The van der Waals surface area contributed by atoms with Crippen molar-refractivity contribution in [1.82, 2.24) is 10.3 Å². The highest BCUT2D eigenvalue weighted by molar-refractivity contribution is 7.15. The van der Waals surface area contributed by atoms with Crippen molar-refractivity contribution in [3.63, 3.8) is 0 Å². The monoisotopic (exact) mass is 311 g/mol. The van der Waals surface area contributed by atoms with Crippen LogP contribution in [0.5, 0.6) is 0 Å². The van der Waals surface area contributed by atoms with Crippen LogP contribution in [-0.2, 0) is 11.3 Å². The third-order valence-electron chi connectivity index (χ3n) is 4.12. The van der Waals surface area contributed by atoms with E-state index >= 15 is 0 Å². The average molecular weight is 311 g/mol. The maximum Gasteiger partial charge on any atom is 0.185 e. The minimum atomic E-state index is 0.478. The summed E-state index contributed by atoms with van der Waals surface area (Å²) in [5, 5.41) is 4.62. The van der Waals surface area contributed by atoms with Crippen LogP contribution in [-0.4, -0.2) is 38.8 Å². The van der Waals surface area contributed by atoms with Crippen LogP contribution in [0.15, 0.2) is 0 Å². The van der Waals surface area contributed by atoms with Gasteiger partial charge in [0.1, 0.15) is 0 Å². The molecule has 0 aliphatic heterocycles. The van der Waals surface area contributed by atoms with E-state index in [1.165, 1.54) is 35.0 Å². The summed E-state index contributed by atoms with van der Waals surface area (Å²) in [5.74, 6) is 1.36. The van der Waals surface area contributed by atoms with E-state index in [1.807, 2.05) is 11.3 Å². The van der Waals surface area contributed by atoms with Crippen LogP contribution >= 0.6 is 11.3 Å². The zero-order valence-electron chi connectivity index (χ0n) is 13.8. The van der Waals surface area contributed by atoms with Crippen LogP contribution in [0, 0.1) is 5.92 Å². The number of methoxy groups -OCH3 is 1. The molecule has 0 aromatic carbocycles. The Bertz CT molecular complexity index is 429. The lowest BCUT2D eigenvalue weighted by Crippen LogP contribution is -2.29. The normalized spacial score (nSPS) is 15.5. The second kappa shape index (κ2) is 8.11. The summed E-state index contributed by atoms with van der Waals surface area (Å²) in [7, 11) is 3.92. The maximum absolute atomic E-state index is 5.08. The van der Waals surface area contributed by atoms with Crippen molar-refractivity contribution in [3.8, 4) is 0 Å². The van der Waals surface area contributed by atoms with Gasteiger partial charge in [-0.3, -0.25) is 0 Å². The fourth-order valence-corrected chi connectivity index (χ4v) is 3.76. The van der Waals surface area contributed by atoms with E-state index in [4.69, 9.17) is 9.72 Å². The molecule has 0 unspecified atom stereocenters. The molecule has 0 amide bonds. The molecule has 4 nitrogen and oxygen atoms in total. The van der Waals surface area contributed by atoms with E-state index in [0.29, 0.717) is 5.92 Å². The van der Waals surface area contributed by atoms with Gasteiger partial charge in [0.05, 0.1) is 12.3 Å². The molecule has 5 heteroatoms. The highest BCUT2D eigenvalue weighted by atomic mass is 32.1. The third-order valence-corrected chi connectivity index (χ3v) is 5.30. The van der Waals surface area contributed by atoms with Gasteiger partial charge in [0.25, 0.3) is 0 Å². The van der Waals surface area contributed by atoms with Crippen molar-refractivity contribution in [3.05, 3.63) is 10.6 Å². The lowest BCUT2D eigenvalue weighted by molar-refractivity contribution is 0.199. The first kappa shape index (κ1) is 16.7. The van der Waals surface area contributed by atoms with Gasteiger partial charge in [0.15, 0.2) is 5.13 Å². The quantitative estimate of drug-likeness (QED) is 0.711. The molecule has 1 aromatic heterocycles. The Labute approximate surface area is 132 Å². The van der Waals surface area contributed by atoms with Crippen LogP contribution in [0.3, 0.4) is 0 Å². The smallest absolute Gasteiger partial charge is 0.185 e. The molecule has 1 saturated carbocycles. The molecule has 1 aliphatic rings.